The lowest BCUT2D eigenvalue weighted by atomic mass is 9.78. The highest BCUT2D eigenvalue weighted by Crippen LogP contribution is 2.35. The lowest BCUT2D eigenvalue weighted by Gasteiger charge is -2.29. The molecule has 1 aromatic rings. The van der Waals surface area contributed by atoms with Crippen LogP contribution in [0.3, 0.4) is 0 Å². The molecule has 1 aromatic heterocycles. The van der Waals surface area contributed by atoms with Gasteiger partial charge in [-0.15, -0.1) is 0 Å². The first-order valence-corrected chi connectivity index (χ1v) is 10.1. The molecule has 2 rings (SSSR count). The molecule has 3 heteroatoms. The number of aromatic nitrogens is 1. The lowest BCUT2D eigenvalue weighted by Crippen LogP contribution is -2.34. The van der Waals surface area contributed by atoms with E-state index in [1.807, 2.05) is 19.3 Å². The van der Waals surface area contributed by atoms with Crippen molar-refractivity contribution in [1.82, 2.24) is 15.8 Å². The van der Waals surface area contributed by atoms with Crippen LogP contribution in [-0.2, 0) is 0 Å². The van der Waals surface area contributed by atoms with Gasteiger partial charge in [-0.1, -0.05) is 44.4 Å². The van der Waals surface area contributed by atoms with Gasteiger partial charge >= 0.3 is 0 Å². The Morgan fingerprint density at radius 2 is 1.96 bits per heavy atom. The standard InChI is InChI=1S/C22H37N3/c1-17(2)21(22-18(3)11-10-14-24-22)15-20(16-25-23-4)19-12-8-6-5-7-9-13-19/h10-12,14,17,20-21,23,25H,5-9,13,15-16H2,1-4H3/b19-12-. The molecule has 0 aromatic carbocycles. The Bertz CT molecular complexity index is 536. The summed E-state index contributed by atoms with van der Waals surface area (Å²) in [6.07, 6.45) is 13.7. The molecule has 0 saturated heterocycles. The fourth-order valence-corrected chi connectivity index (χ4v) is 4.07. The first kappa shape index (κ1) is 20.1. The van der Waals surface area contributed by atoms with Crippen molar-refractivity contribution in [2.24, 2.45) is 11.8 Å². The zero-order valence-corrected chi connectivity index (χ0v) is 16.6. The second-order valence-corrected chi connectivity index (χ2v) is 7.85. The molecule has 25 heavy (non-hydrogen) atoms. The molecule has 2 unspecified atom stereocenters. The van der Waals surface area contributed by atoms with E-state index in [0.717, 1.165) is 6.54 Å². The van der Waals surface area contributed by atoms with Gasteiger partial charge in [-0.05, 0) is 69.5 Å². The van der Waals surface area contributed by atoms with Crippen LogP contribution < -0.4 is 10.9 Å². The number of nitrogens with zero attached hydrogens (tertiary/aromatic N) is 1. The van der Waals surface area contributed by atoms with E-state index >= 15 is 0 Å². The van der Waals surface area contributed by atoms with Crippen LogP contribution in [0.4, 0.5) is 0 Å². The number of hydrogen-bond acceptors (Lipinski definition) is 3. The van der Waals surface area contributed by atoms with Gasteiger partial charge < -0.3 is 0 Å². The normalized spacial score (nSPS) is 20.4. The number of rotatable bonds is 8. The third kappa shape index (κ3) is 6.23. The molecule has 1 aliphatic rings. The molecule has 2 atom stereocenters. The van der Waals surface area contributed by atoms with Gasteiger partial charge in [0.2, 0.25) is 0 Å². The van der Waals surface area contributed by atoms with Crippen molar-refractivity contribution in [3.8, 4) is 0 Å². The molecule has 140 valence electrons. The van der Waals surface area contributed by atoms with Crippen LogP contribution >= 0.6 is 0 Å². The van der Waals surface area contributed by atoms with Gasteiger partial charge in [-0.25, -0.2) is 0 Å². The van der Waals surface area contributed by atoms with E-state index in [2.05, 4.69) is 43.8 Å². The highest BCUT2D eigenvalue weighted by atomic mass is 15.3. The second kappa shape index (κ2) is 10.7. The monoisotopic (exact) mass is 343 g/mol. The van der Waals surface area contributed by atoms with Crippen molar-refractivity contribution in [2.75, 3.05) is 13.6 Å². The second-order valence-electron chi connectivity index (χ2n) is 7.85. The van der Waals surface area contributed by atoms with Crippen LogP contribution in [0.15, 0.2) is 30.0 Å². The van der Waals surface area contributed by atoms with Gasteiger partial charge in [0, 0.05) is 24.4 Å². The van der Waals surface area contributed by atoms with Crippen LogP contribution in [0.5, 0.6) is 0 Å². The number of aryl methyl sites for hydroxylation is 1. The number of nitrogens with one attached hydrogen (secondary N) is 2. The Hall–Kier alpha value is -1.19. The Morgan fingerprint density at radius 3 is 2.68 bits per heavy atom. The molecular weight excluding hydrogens is 306 g/mol. The van der Waals surface area contributed by atoms with E-state index in [-0.39, 0.29) is 0 Å². The fourth-order valence-electron chi connectivity index (χ4n) is 4.07. The number of pyridine rings is 1. The minimum atomic E-state index is 0.510. The van der Waals surface area contributed by atoms with Crippen LogP contribution in [0.2, 0.25) is 0 Å². The van der Waals surface area contributed by atoms with Crippen molar-refractivity contribution in [2.45, 2.75) is 71.6 Å². The molecule has 0 spiro atoms. The van der Waals surface area contributed by atoms with E-state index in [1.54, 1.807) is 5.57 Å². The van der Waals surface area contributed by atoms with E-state index in [4.69, 9.17) is 4.98 Å². The number of allylic oxidation sites excluding steroid dienone is 1. The summed E-state index contributed by atoms with van der Waals surface area (Å²) < 4.78 is 0. The van der Waals surface area contributed by atoms with E-state index in [0.29, 0.717) is 17.8 Å². The number of hydrazine groups is 1. The average molecular weight is 344 g/mol. The molecule has 0 saturated carbocycles. The third-order valence-corrected chi connectivity index (χ3v) is 5.62. The molecule has 2 N–H and O–H groups in total. The maximum atomic E-state index is 4.76. The van der Waals surface area contributed by atoms with E-state index in [9.17, 15) is 0 Å². The lowest BCUT2D eigenvalue weighted by molar-refractivity contribution is 0.365. The van der Waals surface area contributed by atoms with E-state index in [1.165, 1.54) is 56.2 Å². The zero-order chi connectivity index (χ0) is 18.1. The van der Waals surface area contributed by atoms with Crippen molar-refractivity contribution < 1.29 is 0 Å². The Labute approximate surface area is 154 Å². The molecule has 0 fully saturated rings. The fraction of sp³-hybridized carbons (Fsp3) is 0.682. The Morgan fingerprint density at radius 1 is 1.16 bits per heavy atom. The highest BCUT2D eigenvalue weighted by molar-refractivity contribution is 5.23. The Balaban J connectivity index is 2.21. The van der Waals surface area contributed by atoms with Gasteiger partial charge in [-0.2, -0.15) is 0 Å². The zero-order valence-electron chi connectivity index (χ0n) is 16.6. The van der Waals surface area contributed by atoms with Crippen LogP contribution in [0.1, 0.15) is 76.0 Å². The summed E-state index contributed by atoms with van der Waals surface area (Å²) in [7, 11) is 1.96. The smallest absolute Gasteiger partial charge is 0.0466 e. The van der Waals surface area contributed by atoms with Gasteiger partial charge in [0.05, 0.1) is 0 Å². The number of hydrogen-bond donors (Lipinski definition) is 2. The predicted octanol–water partition coefficient (Wildman–Crippen LogP) is 5.14. The summed E-state index contributed by atoms with van der Waals surface area (Å²) in [4.78, 5) is 4.76. The van der Waals surface area contributed by atoms with Crippen molar-refractivity contribution in [1.29, 1.82) is 0 Å². The maximum Gasteiger partial charge on any atom is 0.0466 e. The Kier molecular flexibility index (Phi) is 8.63. The minimum absolute atomic E-state index is 0.510. The largest absolute Gasteiger partial charge is 0.261 e. The van der Waals surface area contributed by atoms with Crippen LogP contribution in [-0.4, -0.2) is 18.6 Å². The molecule has 1 aliphatic carbocycles. The molecular formula is C22H37N3. The molecule has 0 radical (unpaired) electrons. The van der Waals surface area contributed by atoms with Crippen LogP contribution in [0, 0.1) is 18.8 Å². The third-order valence-electron chi connectivity index (χ3n) is 5.62. The average Bonchev–Trinajstić information content (AvgIpc) is 2.56. The summed E-state index contributed by atoms with van der Waals surface area (Å²) in [6, 6.07) is 4.25. The summed E-state index contributed by atoms with van der Waals surface area (Å²) in [5.41, 5.74) is 10.8. The molecule has 1 heterocycles. The minimum Gasteiger partial charge on any atom is -0.261 e. The molecule has 0 bridgehead atoms. The first-order chi connectivity index (χ1) is 12.1. The van der Waals surface area contributed by atoms with Gasteiger partial charge in [0.25, 0.3) is 0 Å². The maximum absolute atomic E-state index is 4.76. The molecule has 0 amide bonds. The topological polar surface area (TPSA) is 37.0 Å². The van der Waals surface area contributed by atoms with Crippen molar-refractivity contribution in [3.05, 3.63) is 41.2 Å². The van der Waals surface area contributed by atoms with Gasteiger partial charge in [0.1, 0.15) is 0 Å². The summed E-state index contributed by atoms with van der Waals surface area (Å²) in [6.45, 7) is 7.88. The van der Waals surface area contributed by atoms with E-state index < -0.39 is 0 Å². The van der Waals surface area contributed by atoms with Gasteiger partial charge in [0.15, 0.2) is 0 Å². The summed E-state index contributed by atoms with van der Waals surface area (Å²) in [5, 5.41) is 0. The summed E-state index contributed by atoms with van der Waals surface area (Å²) in [5.74, 6) is 1.69. The SMILES string of the molecule is CNNCC(CC(c1ncccc1C)C(C)C)/C1=C\CCCCCC1. The van der Waals surface area contributed by atoms with Gasteiger partial charge in [-0.3, -0.25) is 15.8 Å². The highest BCUT2D eigenvalue weighted by Gasteiger charge is 2.25. The molecule has 0 aliphatic heterocycles. The first-order valence-electron chi connectivity index (χ1n) is 10.1. The molecule has 3 nitrogen and oxygen atoms in total. The van der Waals surface area contributed by atoms with Crippen molar-refractivity contribution >= 4 is 0 Å². The van der Waals surface area contributed by atoms with Crippen molar-refractivity contribution in [3.63, 3.8) is 0 Å². The van der Waals surface area contributed by atoms with Crippen LogP contribution in [0.25, 0.3) is 0 Å². The predicted molar refractivity (Wildman–Crippen MR) is 108 cm³/mol. The summed E-state index contributed by atoms with van der Waals surface area (Å²) >= 11 is 0. The quantitative estimate of drug-likeness (QED) is 0.507.